The molecule has 11 nitrogen and oxygen atoms in total. The van der Waals surface area contributed by atoms with Gasteiger partial charge in [0.1, 0.15) is 30.2 Å². The van der Waals surface area contributed by atoms with Crippen molar-refractivity contribution in [3.63, 3.8) is 0 Å². The second-order valence-corrected chi connectivity index (χ2v) is 8.68. The average molecular weight is 436 g/mol. The minimum Gasteiger partial charge on any atom is -0.345 e. The Kier molecular flexibility index (Phi) is 5.90. The van der Waals surface area contributed by atoms with Gasteiger partial charge in [-0.3, -0.25) is 9.36 Å². The van der Waals surface area contributed by atoms with Crippen LogP contribution in [-0.2, 0) is 18.6 Å². The number of fused-ring (bicyclic) bond motifs is 3. The van der Waals surface area contributed by atoms with E-state index in [0.29, 0.717) is 37.6 Å². The fraction of sp³-hybridized carbons (Fsp3) is 0.667. The van der Waals surface area contributed by atoms with Crippen LogP contribution in [0, 0.1) is 13.5 Å². The molecular weight excluding hydrogens is 411 g/mol. The minimum absolute atomic E-state index is 0.263. The summed E-state index contributed by atoms with van der Waals surface area (Å²) >= 11 is 0. The SMILES string of the molecule is [C-]#[N+]CCOP(C)O[C@H]1[C@@H]2[C@H](n3cnc4c(=O)[nH]c(C)nc43)O[C@@]1(CC)CN2OC. The lowest BCUT2D eigenvalue weighted by Crippen LogP contribution is -2.45. The molecular formula is C18H25N6O5P. The molecule has 0 radical (unpaired) electrons. The topological polar surface area (TPSA) is 108 Å². The van der Waals surface area contributed by atoms with E-state index in [9.17, 15) is 4.79 Å². The van der Waals surface area contributed by atoms with Crippen molar-refractivity contribution in [2.24, 2.45) is 0 Å². The fourth-order valence-electron chi connectivity index (χ4n) is 4.22. The zero-order valence-corrected chi connectivity index (χ0v) is 18.3. The first kappa shape index (κ1) is 21.3. The summed E-state index contributed by atoms with van der Waals surface area (Å²) in [6.07, 6.45) is 1.48. The molecule has 30 heavy (non-hydrogen) atoms. The van der Waals surface area contributed by atoms with Gasteiger partial charge in [-0.1, -0.05) is 6.92 Å². The number of rotatable bonds is 8. The normalized spacial score (nSPS) is 29.5. The first-order chi connectivity index (χ1) is 14.4. The molecule has 2 aliphatic heterocycles. The average Bonchev–Trinajstić information content (AvgIpc) is 3.36. The third kappa shape index (κ3) is 3.43. The van der Waals surface area contributed by atoms with E-state index in [-0.39, 0.29) is 23.2 Å². The standard InChI is InChI=1S/C18H25N6O5P/c1-6-18-9-24(26-4)13(14(18)29-30(5)27-8-7-19-3)17(28-18)23-10-20-12-15(23)21-11(2)22-16(12)25/h10,13-14,17H,6-9H2,1-2,4-5H3,(H,21,22,25)/t13-,14+,17-,18+,30?/m1/s1. The zero-order chi connectivity index (χ0) is 21.5. The fourth-order valence-corrected chi connectivity index (χ4v) is 5.25. The summed E-state index contributed by atoms with van der Waals surface area (Å²) in [5.74, 6) is 0.504. The van der Waals surface area contributed by atoms with Crippen molar-refractivity contribution in [1.82, 2.24) is 24.6 Å². The number of morpholine rings is 1. The minimum atomic E-state index is -1.20. The Labute approximate surface area is 175 Å². The molecule has 4 rings (SSSR count). The van der Waals surface area contributed by atoms with E-state index >= 15 is 0 Å². The molecule has 0 aromatic carbocycles. The molecule has 0 saturated carbocycles. The number of hydrogen-bond acceptors (Lipinski definition) is 8. The van der Waals surface area contributed by atoms with Gasteiger partial charge in [-0.05, 0) is 13.3 Å². The lowest BCUT2D eigenvalue weighted by atomic mass is 9.96. The summed E-state index contributed by atoms with van der Waals surface area (Å²) in [6.45, 7) is 13.7. The molecule has 2 aromatic rings. The van der Waals surface area contributed by atoms with Gasteiger partial charge in [0.05, 0.1) is 20.0 Å². The van der Waals surface area contributed by atoms with Crippen LogP contribution in [0.2, 0.25) is 0 Å². The Morgan fingerprint density at radius 3 is 3.03 bits per heavy atom. The number of aromatic nitrogens is 4. The number of H-pyrrole nitrogens is 1. The van der Waals surface area contributed by atoms with Crippen molar-refractivity contribution in [1.29, 1.82) is 0 Å². The molecule has 1 unspecified atom stereocenters. The second kappa shape index (κ2) is 8.30. The van der Waals surface area contributed by atoms with Crippen LogP contribution < -0.4 is 5.56 Å². The molecule has 4 heterocycles. The Balaban J connectivity index is 1.68. The largest absolute Gasteiger partial charge is 0.345 e. The number of nitrogens with one attached hydrogen (secondary N) is 1. The highest BCUT2D eigenvalue weighted by molar-refractivity contribution is 7.46. The number of hydrogen-bond donors (Lipinski definition) is 1. The third-order valence-corrected chi connectivity index (χ3v) is 6.70. The van der Waals surface area contributed by atoms with Gasteiger partial charge in [0.2, 0.25) is 6.54 Å². The van der Waals surface area contributed by atoms with E-state index in [1.54, 1.807) is 24.9 Å². The maximum atomic E-state index is 12.3. The zero-order valence-electron chi connectivity index (χ0n) is 17.4. The van der Waals surface area contributed by atoms with E-state index in [4.69, 9.17) is 25.2 Å². The highest BCUT2D eigenvalue weighted by atomic mass is 31.2. The Morgan fingerprint density at radius 2 is 2.33 bits per heavy atom. The molecule has 2 fully saturated rings. The highest BCUT2D eigenvalue weighted by Gasteiger charge is 2.65. The summed E-state index contributed by atoms with van der Waals surface area (Å²) in [5, 5.41) is 1.86. The maximum absolute atomic E-state index is 12.3. The third-order valence-electron chi connectivity index (χ3n) is 5.63. The molecule has 162 valence electrons. The van der Waals surface area contributed by atoms with Crippen molar-refractivity contribution < 1.29 is 18.6 Å². The molecule has 0 aliphatic carbocycles. The van der Waals surface area contributed by atoms with Crippen molar-refractivity contribution >= 4 is 19.5 Å². The van der Waals surface area contributed by atoms with E-state index in [2.05, 4.69) is 19.8 Å². The predicted molar refractivity (Wildman–Crippen MR) is 109 cm³/mol. The molecule has 5 atom stereocenters. The Bertz CT molecular complexity index is 1020. The first-order valence-corrected chi connectivity index (χ1v) is 11.3. The van der Waals surface area contributed by atoms with Crippen molar-refractivity contribution in [3.8, 4) is 0 Å². The smallest absolute Gasteiger partial charge is 0.279 e. The summed E-state index contributed by atoms with van der Waals surface area (Å²) in [4.78, 5) is 32.6. The van der Waals surface area contributed by atoms with Crippen LogP contribution in [0.1, 0.15) is 25.4 Å². The number of hydroxylamine groups is 2. The van der Waals surface area contributed by atoms with E-state index in [0.717, 1.165) is 0 Å². The molecule has 2 saturated heterocycles. The first-order valence-electron chi connectivity index (χ1n) is 9.72. The number of aromatic amines is 1. The van der Waals surface area contributed by atoms with Crippen LogP contribution in [0.5, 0.6) is 0 Å². The van der Waals surface area contributed by atoms with Gasteiger partial charge in [-0.25, -0.2) is 16.5 Å². The van der Waals surface area contributed by atoms with Crippen molar-refractivity contribution in [2.75, 3.05) is 33.5 Å². The summed E-state index contributed by atoms with van der Waals surface area (Å²) in [5.41, 5.74) is -0.162. The van der Waals surface area contributed by atoms with Crippen molar-refractivity contribution in [2.45, 2.75) is 44.2 Å². The number of imidazole rings is 1. The van der Waals surface area contributed by atoms with Gasteiger partial charge in [-0.15, -0.1) is 0 Å². The monoisotopic (exact) mass is 436 g/mol. The molecule has 0 spiro atoms. The van der Waals surface area contributed by atoms with Crippen molar-refractivity contribution in [3.05, 3.63) is 33.9 Å². The van der Waals surface area contributed by atoms with Crippen LogP contribution >= 0.6 is 8.38 Å². The lowest BCUT2D eigenvalue weighted by molar-refractivity contribution is -0.234. The van der Waals surface area contributed by atoms with Crippen LogP contribution in [0.3, 0.4) is 0 Å². The lowest BCUT2D eigenvalue weighted by Gasteiger charge is -2.35. The van der Waals surface area contributed by atoms with Crippen LogP contribution in [-0.4, -0.2) is 75.8 Å². The van der Waals surface area contributed by atoms with Crippen LogP contribution in [0.4, 0.5) is 0 Å². The van der Waals surface area contributed by atoms with Crippen LogP contribution in [0.25, 0.3) is 16.0 Å². The van der Waals surface area contributed by atoms with E-state index in [1.807, 2.05) is 18.7 Å². The molecule has 0 amide bonds. The summed E-state index contributed by atoms with van der Waals surface area (Å²) in [6, 6.07) is -0.275. The van der Waals surface area contributed by atoms with Gasteiger partial charge in [0, 0.05) is 6.66 Å². The maximum Gasteiger partial charge on any atom is 0.279 e. The molecule has 2 bridgehead atoms. The van der Waals surface area contributed by atoms with E-state index < -0.39 is 20.2 Å². The van der Waals surface area contributed by atoms with E-state index in [1.165, 1.54) is 0 Å². The number of ether oxygens (including phenoxy) is 1. The van der Waals surface area contributed by atoms with Gasteiger partial charge >= 0.3 is 0 Å². The van der Waals surface area contributed by atoms with Gasteiger partial charge < -0.3 is 28.5 Å². The Hall–Kier alpha value is -1.93. The quantitative estimate of drug-likeness (QED) is 0.378. The summed E-state index contributed by atoms with van der Waals surface area (Å²) in [7, 11) is 0.423. The van der Waals surface area contributed by atoms with Gasteiger partial charge in [0.25, 0.3) is 5.56 Å². The number of nitrogens with zero attached hydrogens (tertiary/aromatic N) is 5. The Morgan fingerprint density at radius 1 is 1.53 bits per heavy atom. The molecule has 2 aromatic heterocycles. The number of aryl methyl sites for hydroxylation is 1. The van der Waals surface area contributed by atoms with Gasteiger partial charge in [-0.2, -0.15) is 5.06 Å². The second-order valence-electron chi connectivity index (χ2n) is 7.33. The molecule has 1 N–H and O–H groups in total. The predicted octanol–water partition coefficient (Wildman–Crippen LogP) is 1.61. The van der Waals surface area contributed by atoms with Crippen LogP contribution in [0.15, 0.2) is 11.1 Å². The summed E-state index contributed by atoms with van der Waals surface area (Å²) < 4.78 is 20.3. The molecule has 12 heteroatoms. The molecule has 2 aliphatic rings. The highest BCUT2D eigenvalue weighted by Crippen LogP contribution is 2.54. The van der Waals surface area contributed by atoms with Gasteiger partial charge in [0.15, 0.2) is 25.8 Å².